The maximum atomic E-state index is 12.5. The number of anilines is 1. The van der Waals surface area contributed by atoms with E-state index in [0.717, 1.165) is 24.5 Å². The van der Waals surface area contributed by atoms with E-state index in [9.17, 15) is 18.0 Å². The summed E-state index contributed by atoms with van der Waals surface area (Å²) < 4.78 is 37.4. The summed E-state index contributed by atoms with van der Waals surface area (Å²) in [6.45, 7) is 0. The number of hydrogen-bond acceptors (Lipinski definition) is 1. The Morgan fingerprint density at radius 3 is 2.38 bits per heavy atom. The maximum absolute atomic E-state index is 12.5. The predicted molar refractivity (Wildman–Crippen MR) is 73.6 cm³/mol. The van der Waals surface area contributed by atoms with Crippen LogP contribution >= 0.6 is 0 Å². The van der Waals surface area contributed by atoms with Gasteiger partial charge in [0.25, 0.3) is 0 Å². The molecule has 0 saturated heterocycles. The van der Waals surface area contributed by atoms with E-state index in [-0.39, 0.29) is 5.91 Å². The van der Waals surface area contributed by atoms with Crippen LogP contribution in [0.25, 0.3) is 0 Å². The molecule has 0 spiro atoms. The lowest BCUT2D eigenvalue weighted by Gasteiger charge is -2.20. The molecule has 0 aliphatic heterocycles. The first-order valence-electron chi connectivity index (χ1n) is 7.39. The van der Waals surface area contributed by atoms with Gasteiger partial charge in [-0.05, 0) is 61.3 Å². The van der Waals surface area contributed by atoms with Gasteiger partial charge in [0, 0.05) is 12.1 Å². The lowest BCUT2D eigenvalue weighted by atomic mass is 9.86. The molecule has 2 fully saturated rings. The van der Waals surface area contributed by atoms with E-state index >= 15 is 0 Å². The highest BCUT2D eigenvalue weighted by molar-refractivity contribution is 5.90. The Balaban J connectivity index is 1.55. The molecule has 2 nitrogen and oxygen atoms in total. The first-order valence-corrected chi connectivity index (χ1v) is 7.39. The van der Waals surface area contributed by atoms with Crippen LogP contribution in [0.2, 0.25) is 0 Å². The minimum absolute atomic E-state index is 0.0905. The van der Waals surface area contributed by atoms with Crippen molar-refractivity contribution in [2.24, 2.45) is 17.8 Å². The number of carbonyl (C=O) groups excluding carboxylic acids is 1. The topological polar surface area (TPSA) is 29.1 Å². The van der Waals surface area contributed by atoms with Crippen LogP contribution in [0, 0.1) is 17.8 Å². The van der Waals surface area contributed by atoms with Crippen molar-refractivity contribution in [3.8, 4) is 0 Å². The molecular weight excluding hydrogens is 279 g/mol. The number of halogens is 3. The van der Waals surface area contributed by atoms with Crippen molar-refractivity contribution in [3.05, 3.63) is 29.8 Å². The van der Waals surface area contributed by atoms with Crippen molar-refractivity contribution >= 4 is 11.6 Å². The monoisotopic (exact) mass is 297 g/mol. The van der Waals surface area contributed by atoms with Gasteiger partial charge in [-0.2, -0.15) is 13.2 Å². The second kappa shape index (κ2) is 5.35. The summed E-state index contributed by atoms with van der Waals surface area (Å²) >= 11 is 0. The Kier molecular flexibility index (Phi) is 3.68. The summed E-state index contributed by atoms with van der Waals surface area (Å²) in [5.41, 5.74) is -0.273. The summed E-state index contributed by atoms with van der Waals surface area (Å²) in [4.78, 5) is 12.0. The molecule has 3 rings (SSSR count). The van der Waals surface area contributed by atoms with Crippen LogP contribution in [0.4, 0.5) is 18.9 Å². The van der Waals surface area contributed by atoms with Crippen LogP contribution in [-0.2, 0) is 11.0 Å². The Morgan fingerprint density at radius 2 is 1.86 bits per heavy atom. The van der Waals surface area contributed by atoms with Gasteiger partial charge in [0.15, 0.2) is 0 Å². The number of hydrogen-bond donors (Lipinski definition) is 1. The molecule has 2 bridgehead atoms. The first kappa shape index (κ1) is 14.4. The van der Waals surface area contributed by atoms with E-state index in [1.54, 1.807) is 0 Å². The van der Waals surface area contributed by atoms with Gasteiger partial charge >= 0.3 is 6.18 Å². The van der Waals surface area contributed by atoms with Gasteiger partial charge in [-0.15, -0.1) is 0 Å². The fraction of sp³-hybridized carbons (Fsp3) is 0.562. The van der Waals surface area contributed by atoms with E-state index in [1.807, 2.05) is 0 Å². The third-order valence-corrected chi connectivity index (χ3v) is 4.83. The smallest absolute Gasteiger partial charge is 0.326 e. The zero-order valence-corrected chi connectivity index (χ0v) is 11.6. The first-order chi connectivity index (χ1) is 9.91. The molecule has 2 saturated carbocycles. The lowest BCUT2D eigenvalue weighted by molar-refractivity contribution is -0.137. The van der Waals surface area contributed by atoms with E-state index in [0.29, 0.717) is 23.9 Å². The van der Waals surface area contributed by atoms with Crippen LogP contribution < -0.4 is 5.32 Å². The molecule has 0 heterocycles. The van der Waals surface area contributed by atoms with Gasteiger partial charge in [0.1, 0.15) is 0 Å². The highest BCUT2D eigenvalue weighted by Crippen LogP contribution is 2.49. The molecule has 0 aromatic heterocycles. The van der Waals surface area contributed by atoms with E-state index in [2.05, 4.69) is 5.32 Å². The van der Waals surface area contributed by atoms with Crippen molar-refractivity contribution in [1.82, 2.24) is 0 Å². The standard InChI is InChI=1S/C16H18F3NO/c17-16(18,19)13-3-5-14(6-4-13)20-15(21)9-12-8-10-1-2-11(12)7-10/h3-6,10-12H,1-2,7-9H2,(H,20,21). The molecule has 2 aliphatic carbocycles. The zero-order chi connectivity index (χ0) is 15.0. The summed E-state index contributed by atoms with van der Waals surface area (Å²) in [7, 11) is 0. The summed E-state index contributed by atoms with van der Waals surface area (Å²) in [6, 6.07) is 4.60. The largest absolute Gasteiger partial charge is 0.416 e. The fourth-order valence-corrected chi connectivity index (χ4v) is 3.82. The van der Waals surface area contributed by atoms with Crippen molar-refractivity contribution in [3.63, 3.8) is 0 Å². The molecule has 5 heteroatoms. The Morgan fingerprint density at radius 1 is 1.14 bits per heavy atom. The Labute approximate surface area is 121 Å². The van der Waals surface area contributed by atoms with Gasteiger partial charge in [-0.25, -0.2) is 0 Å². The van der Waals surface area contributed by atoms with Crippen molar-refractivity contribution in [2.75, 3.05) is 5.32 Å². The predicted octanol–water partition coefficient (Wildman–Crippen LogP) is 4.47. The number of amides is 1. The third kappa shape index (κ3) is 3.22. The average Bonchev–Trinajstić information content (AvgIpc) is 3.00. The number of benzene rings is 1. The van der Waals surface area contributed by atoms with Crippen LogP contribution in [0.15, 0.2) is 24.3 Å². The second-order valence-corrected chi connectivity index (χ2v) is 6.26. The van der Waals surface area contributed by atoms with Crippen LogP contribution in [0.5, 0.6) is 0 Å². The SMILES string of the molecule is O=C(CC1CC2CCC1C2)Nc1ccc(C(F)(F)F)cc1. The number of fused-ring (bicyclic) bond motifs is 2. The molecular formula is C16H18F3NO. The number of carbonyl (C=O) groups is 1. The Hall–Kier alpha value is -1.52. The molecule has 0 radical (unpaired) electrons. The summed E-state index contributed by atoms with van der Waals surface area (Å²) in [5, 5.41) is 2.70. The van der Waals surface area contributed by atoms with Crippen LogP contribution in [0.3, 0.4) is 0 Å². The highest BCUT2D eigenvalue weighted by Gasteiger charge is 2.40. The quantitative estimate of drug-likeness (QED) is 0.876. The summed E-state index contributed by atoms with van der Waals surface area (Å²) in [5.74, 6) is 1.83. The van der Waals surface area contributed by atoms with Gasteiger partial charge in [-0.3, -0.25) is 4.79 Å². The molecule has 114 valence electrons. The Bertz CT molecular complexity index is 523. The average molecular weight is 297 g/mol. The van der Waals surface area contributed by atoms with E-state index < -0.39 is 11.7 Å². The van der Waals surface area contributed by atoms with Gasteiger partial charge in [0.05, 0.1) is 5.56 Å². The highest BCUT2D eigenvalue weighted by atomic mass is 19.4. The molecule has 2 aliphatic rings. The number of nitrogens with one attached hydrogen (secondary N) is 1. The van der Waals surface area contributed by atoms with Crippen molar-refractivity contribution in [2.45, 2.75) is 38.3 Å². The molecule has 21 heavy (non-hydrogen) atoms. The molecule has 1 amide bonds. The van der Waals surface area contributed by atoms with E-state index in [1.165, 1.54) is 31.4 Å². The second-order valence-electron chi connectivity index (χ2n) is 6.26. The molecule has 3 unspecified atom stereocenters. The number of rotatable bonds is 3. The van der Waals surface area contributed by atoms with Gasteiger partial charge < -0.3 is 5.32 Å². The van der Waals surface area contributed by atoms with E-state index in [4.69, 9.17) is 0 Å². The molecule has 1 N–H and O–H groups in total. The van der Waals surface area contributed by atoms with Gasteiger partial charge in [0.2, 0.25) is 5.91 Å². The molecule has 3 atom stereocenters. The van der Waals surface area contributed by atoms with Crippen LogP contribution in [0.1, 0.15) is 37.7 Å². The normalized spacial score (nSPS) is 27.9. The molecule has 1 aromatic carbocycles. The number of alkyl halides is 3. The minimum atomic E-state index is -4.34. The minimum Gasteiger partial charge on any atom is -0.326 e. The lowest BCUT2D eigenvalue weighted by Crippen LogP contribution is -2.20. The third-order valence-electron chi connectivity index (χ3n) is 4.83. The van der Waals surface area contributed by atoms with Crippen molar-refractivity contribution < 1.29 is 18.0 Å². The van der Waals surface area contributed by atoms with Gasteiger partial charge in [-0.1, -0.05) is 6.42 Å². The zero-order valence-electron chi connectivity index (χ0n) is 11.6. The maximum Gasteiger partial charge on any atom is 0.416 e. The fourth-order valence-electron chi connectivity index (χ4n) is 3.82. The summed E-state index contributed by atoms with van der Waals surface area (Å²) in [6.07, 6.45) is 1.04. The molecule has 1 aromatic rings. The van der Waals surface area contributed by atoms with Crippen molar-refractivity contribution in [1.29, 1.82) is 0 Å². The van der Waals surface area contributed by atoms with Crippen LogP contribution in [-0.4, -0.2) is 5.91 Å².